The van der Waals surface area contributed by atoms with Crippen LogP contribution in [0.3, 0.4) is 0 Å². The van der Waals surface area contributed by atoms with Gasteiger partial charge < -0.3 is 5.32 Å². The van der Waals surface area contributed by atoms with Crippen LogP contribution >= 0.6 is 0 Å². The van der Waals surface area contributed by atoms with Gasteiger partial charge in [-0.15, -0.1) is 0 Å². The van der Waals surface area contributed by atoms with Gasteiger partial charge in [-0.05, 0) is 23.8 Å². The molecule has 0 aliphatic heterocycles. The van der Waals surface area contributed by atoms with Gasteiger partial charge in [-0.25, -0.2) is 17.2 Å². The minimum atomic E-state index is -4.06. The number of halogens is 2. The fourth-order valence-corrected chi connectivity index (χ4v) is 2.84. The molecule has 0 atom stereocenters. The van der Waals surface area contributed by atoms with Crippen LogP contribution in [0.1, 0.15) is 5.56 Å². The van der Waals surface area contributed by atoms with Gasteiger partial charge in [0.2, 0.25) is 15.9 Å². The topological polar surface area (TPSA) is 79.4 Å². The Morgan fingerprint density at radius 3 is 2.42 bits per heavy atom. The van der Waals surface area contributed by atoms with Gasteiger partial charge in [0.1, 0.15) is 12.2 Å². The van der Waals surface area contributed by atoms with Crippen molar-refractivity contribution < 1.29 is 22.0 Å². The van der Waals surface area contributed by atoms with E-state index in [2.05, 4.69) is 10.3 Å². The zero-order valence-electron chi connectivity index (χ0n) is 12.7. The molecular weight excluding hydrogens is 340 g/mol. The van der Waals surface area contributed by atoms with E-state index >= 15 is 0 Å². The number of hydrogen-bond acceptors (Lipinski definition) is 4. The first-order valence-corrected chi connectivity index (χ1v) is 8.71. The first kappa shape index (κ1) is 17.8. The molecule has 128 valence electrons. The van der Waals surface area contributed by atoms with E-state index in [1.54, 1.807) is 18.3 Å². The Morgan fingerprint density at radius 1 is 1.21 bits per heavy atom. The Kier molecular flexibility index (Phi) is 5.45. The van der Waals surface area contributed by atoms with Gasteiger partial charge >= 0.3 is 0 Å². The molecule has 0 aliphatic carbocycles. The molecule has 1 aromatic carbocycles. The standard InChI is InChI=1S/C15H15F2N3O3S/c1-24(22,23)20(15-12(16)5-2-6-13(15)17)10-14(21)19-9-11-4-3-7-18-8-11/h2-8H,9-10H2,1H3,(H,19,21). The Balaban J connectivity index is 2.17. The number of hydrogen-bond donors (Lipinski definition) is 1. The van der Waals surface area contributed by atoms with Gasteiger partial charge in [-0.2, -0.15) is 0 Å². The molecule has 0 fully saturated rings. The summed E-state index contributed by atoms with van der Waals surface area (Å²) in [7, 11) is -4.06. The molecule has 1 heterocycles. The van der Waals surface area contributed by atoms with Crippen LogP contribution in [0.5, 0.6) is 0 Å². The summed E-state index contributed by atoms with van der Waals surface area (Å²) in [5, 5.41) is 2.48. The smallest absolute Gasteiger partial charge is 0.241 e. The van der Waals surface area contributed by atoms with Gasteiger partial charge in [0.25, 0.3) is 0 Å². The van der Waals surface area contributed by atoms with E-state index in [4.69, 9.17) is 0 Å². The molecular formula is C15H15F2N3O3S. The molecule has 6 nitrogen and oxygen atoms in total. The van der Waals surface area contributed by atoms with Crippen molar-refractivity contribution in [1.29, 1.82) is 0 Å². The van der Waals surface area contributed by atoms with Crippen LogP contribution in [0.25, 0.3) is 0 Å². The summed E-state index contributed by atoms with van der Waals surface area (Å²) in [6.07, 6.45) is 3.87. The van der Waals surface area contributed by atoms with Crippen molar-refractivity contribution in [2.24, 2.45) is 0 Å². The lowest BCUT2D eigenvalue weighted by Gasteiger charge is -2.22. The Labute approximate surface area is 138 Å². The van der Waals surface area contributed by atoms with Crippen molar-refractivity contribution in [2.45, 2.75) is 6.54 Å². The first-order chi connectivity index (χ1) is 11.3. The summed E-state index contributed by atoms with van der Waals surface area (Å²) in [4.78, 5) is 15.9. The van der Waals surface area contributed by atoms with Gasteiger partial charge in [0, 0.05) is 18.9 Å². The molecule has 0 radical (unpaired) electrons. The number of nitrogens with zero attached hydrogens (tertiary/aromatic N) is 2. The molecule has 0 unspecified atom stereocenters. The number of amides is 1. The lowest BCUT2D eigenvalue weighted by Crippen LogP contribution is -2.41. The second-order valence-corrected chi connectivity index (χ2v) is 6.88. The van der Waals surface area contributed by atoms with E-state index in [0.717, 1.165) is 24.5 Å². The molecule has 0 saturated heterocycles. The molecule has 1 amide bonds. The first-order valence-electron chi connectivity index (χ1n) is 6.86. The minimum Gasteiger partial charge on any atom is -0.350 e. The number of anilines is 1. The lowest BCUT2D eigenvalue weighted by molar-refractivity contribution is -0.119. The van der Waals surface area contributed by atoms with E-state index in [9.17, 15) is 22.0 Å². The average molecular weight is 355 g/mol. The fraction of sp³-hybridized carbons (Fsp3) is 0.200. The van der Waals surface area contributed by atoms with Crippen molar-refractivity contribution in [2.75, 3.05) is 17.1 Å². The third-order valence-electron chi connectivity index (χ3n) is 3.09. The number of aromatic nitrogens is 1. The third kappa shape index (κ3) is 4.48. The molecule has 0 saturated carbocycles. The number of sulfonamides is 1. The van der Waals surface area contributed by atoms with Gasteiger partial charge in [-0.1, -0.05) is 12.1 Å². The van der Waals surface area contributed by atoms with Crippen molar-refractivity contribution >= 4 is 21.6 Å². The summed E-state index contributed by atoms with van der Waals surface area (Å²) in [5.41, 5.74) is -0.0784. The molecule has 0 aliphatic rings. The second-order valence-electron chi connectivity index (χ2n) is 4.98. The Bertz CT molecular complexity index is 809. The molecule has 2 rings (SSSR count). The van der Waals surface area contributed by atoms with Crippen LogP contribution in [0.4, 0.5) is 14.5 Å². The maximum atomic E-state index is 13.8. The highest BCUT2D eigenvalue weighted by atomic mass is 32.2. The van der Waals surface area contributed by atoms with Crippen LogP contribution < -0.4 is 9.62 Å². The zero-order valence-corrected chi connectivity index (χ0v) is 13.6. The highest BCUT2D eigenvalue weighted by molar-refractivity contribution is 7.92. The summed E-state index contributed by atoms with van der Waals surface area (Å²) in [6.45, 7) is -0.624. The minimum absolute atomic E-state index is 0.115. The monoisotopic (exact) mass is 355 g/mol. The summed E-state index contributed by atoms with van der Waals surface area (Å²) in [6, 6.07) is 6.35. The largest absolute Gasteiger partial charge is 0.350 e. The molecule has 1 aromatic heterocycles. The summed E-state index contributed by atoms with van der Waals surface area (Å²) in [5.74, 6) is -2.84. The Morgan fingerprint density at radius 2 is 1.88 bits per heavy atom. The van der Waals surface area contributed by atoms with E-state index in [1.807, 2.05) is 0 Å². The number of carbonyl (C=O) groups is 1. The lowest BCUT2D eigenvalue weighted by atomic mass is 10.3. The molecule has 24 heavy (non-hydrogen) atoms. The van der Waals surface area contributed by atoms with Crippen LogP contribution in [-0.2, 0) is 21.4 Å². The van der Waals surface area contributed by atoms with Crippen molar-refractivity contribution in [1.82, 2.24) is 10.3 Å². The average Bonchev–Trinajstić information content (AvgIpc) is 2.52. The van der Waals surface area contributed by atoms with Gasteiger partial charge in [0.15, 0.2) is 11.6 Å². The number of pyridine rings is 1. The quantitative estimate of drug-likeness (QED) is 0.850. The highest BCUT2D eigenvalue weighted by Gasteiger charge is 2.26. The normalized spacial score (nSPS) is 11.1. The van der Waals surface area contributed by atoms with E-state index < -0.39 is 39.8 Å². The maximum Gasteiger partial charge on any atom is 0.241 e. The Hall–Kier alpha value is -2.55. The fourth-order valence-electron chi connectivity index (χ4n) is 1.98. The van der Waals surface area contributed by atoms with Crippen molar-refractivity contribution in [3.05, 3.63) is 59.9 Å². The highest BCUT2D eigenvalue weighted by Crippen LogP contribution is 2.25. The predicted molar refractivity (Wildman–Crippen MR) is 84.6 cm³/mol. The van der Waals surface area contributed by atoms with E-state index in [-0.39, 0.29) is 6.54 Å². The number of carbonyl (C=O) groups excluding carboxylic acids is 1. The summed E-state index contributed by atoms with van der Waals surface area (Å²) < 4.78 is 51.8. The van der Waals surface area contributed by atoms with Crippen LogP contribution in [0, 0.1) is 11.6 Å². The maximum absolute atomic E-state index is 13.8. The van der Waals surface area contributed by atoms with Crippen molar-refractivity contribution in [3.63, 3.8) is 0 Å². The number of nitrogens with one attached hydrogen (secondary N) is 1. The van der Waals surface area contributed by atoms with Gasteiger partial charge in [-0.3, -0.25) is 14.1 Å². The molecule has 0 spiro atoms. The molecule has 1 N–H and O–H groups in total. The number of benzene rings is 1. The van der Waals surface area contributed by atoms with Crippen LogP contribution in [0.15, 0.2) is 42.7 Å². The molecule has 2 aromatic rings. The number of para-hydroxylation sites is 1. The summed E-state index contributed by atoms with van der Waals surface area (Å²) >= 11 is 0. The number of rotatable bonds is 6. The van der Waals surface area contributed by atoms with E-state index in [1.165, 1.54) is 6.20 Å². The van der Waals surface area contributed by atoms with Crippen LogP contribution in [-0.4, -0.2) is 32.1 Å². The third-order valence-corrected chi connectivity index (χ3v) is 4.20. The molecule has 0 bridgehead atoms. The van der Waals surface area contributed by atoms with Gasteiger partial charge in [0.05, 0.1) is 6.26 Å². The molecule has 9 heteroatoms. The van der Waals surface area contributed by atoms with E-state index in [0.29, 0.717) is 9.87 Å². The predicted octanol–water partition coefficient (Wildman–Crippen LogP) is 1.44. The zero-order chi connectivity index (χ0) is 17.7. The van der Waals surface area contributed by atoms with Crippen LogP contribution in [0.2, 0.25) is 0 Å². The SMILES string of the molecule is CS(=O)(=O)N(CC(=O)NCc1cccnc1)c1c(F)cccc1F. The van der Waals surface area contributed by atoms with Crippen molar-refractivity contribution in [3.8, 4) is 0 Å². The second kappa shape index (κ2) is 7.35.